The van der Waals surface area contributed by atoms with Crippen LogP contribution in [0.2, 0.25) is 0 Å². The van der Waals surface area contributed by atoms with Crippen molar-refractivity contribution in [1.82, 2.24) is 0 Å². The minimum absolute atomic E-state index is 0. The zero-order chi connectivity index (χ0) is 3.58. The van der Waals surface area contributed by atoms with E-state index in [1.54, 1.807) is 0 Å². The topological polar surface area (TPSA) is 37.3 Å². The van der Waals surface area contributed by atoms with Crippen molar-refractivity contribution in [2.24, 2.45) is 0 Å². The summed E-state index contributed by atoms with van der Waals surface area (Å²) in [5.74, 6) is -0.833. The average molecular weight is 194 g/mol. The molecule has 0 spiro atoms. The Balaban J connectivity index is -0.0000000450. The molecule has 0 atom stereocenters. The monoisotopic (exact) mass is 194 g/mol. The number of hydrogen-bond donors (Lipinski definition) is 1. The third kappa shape index (κ3) is 29.6. The quantitative estimate of drug-likeness (QED) is 0.452. The van der Waals surface area contributed by atoms with Gasteiger partial charge in [0.15, 0.2) is 0 Å². The van der Waals surface area contributed by atoms with Crippen molar-refractivity contribution in [2.75, 3.05) is 0 Å². The number of aliphatic carboxylic acids is 1. The van der Waals surface area contributed by atoms with Crippen molar-refractivity contribution in [3.63, 3.8) is 0 Å². The number of hydrogen-bond acceptors (Lipinski definition) is 1. The molecule has 3 heteroatoms. The molecular formula is C2H5CsO2. The molecule has 0 saturated carbocycles. The molecule has 0 aromatic rings. The van der Waals surface area contributed by atoms with Crippen molar-refractivity contribution in [3.05, 3.63) is 0 Å². The molecule has 0 unspecified atom stereocenters. The SMILES string of the molecule is CC(=O)O.[Cs+].[H-]. The largest absolute Gasteiger partial charge is 1.00 e. The third-order valence-electron chi connectivity index (χ3n) is 0. The van der Waals surface area contributed by atoms with Gasteiger partial charge in [-0.3, -0.25) is 4.79 Å². The molecule has 0 aliphatic carbocycles. The van der Waals surface area contributed by atoms with Crippen LogP contribution in [0.5, 0.6) is 0 Å². The van der Waals surface area contributed by atoms with Gasteiger partial charge in [0.25, 0.3) is 5.97 Å². The summed E-state index contributed by atoms with van der Waals surface area (Å²) in [6, 6.07) is 0. The van der Waals surface area contributed by atoms with E-state index in [4.69, 9.17) is 9.90 Å². The molecule has 0 saturated heterocycles. The summed E-state index contributed by atoms with van der Waals surface area (Å²) >= 11 is 0. The zero-order valence-electron chi connectivity index (χ0n) is 4.36. The van der Waals surface area contributed by atoms with Gasteiger partial charge in [0.1, 0.15) is 0 Å². The smallest absolute Gasteiger partial charge is 1.00 e. The summed E-state index contributed by atoms with van der Waals surface area (Å²) in [5.41, 5.74) is 0. The molecule has 26 valence electrons. The molecule has 0 aliphatic rings. The molecule has 0 bridgehead atoms. The first-order valence-corrected chi connectivity index (χ1v) is 0.928. The van der Waals surface area contributed by atoms with Crippen LogP contribution in [0, 0.1) is 0 Å². The van der Waals surface area contributed by atoms with Crippen LogP contribution >= 0.6 is 0 Å². The van der Waals surface area contributed by atoms with Crippen LogP contribution in [-0.4, -0.2) is 11.1 Å². The van der Waals surface area contributed by atoms with Gasteiger partial charge in [-0.1, -0.05) is 0 Å². The Labute approximate surface area is 90.8 Å². The number of rotatable bonds is 0. The van der Waals surface area contributed by atoms with Crippen LogP contribution in [0.25, 0.3) is 0 Å². The second-order valence-electron chi connectivity index (χ2n) is 0.519. The maximum absolute atomic E-state index is 9.00. The van der Waals surface area contributed by atoms with E-state index in [0.29, 0.717) is 0 Å². The standard InChI is InChI=1S/C2H4O2.Cs.H/c1-2(3)4;;/h1H3,(H,3,4);;/q;+1;-1. The Bertz CT molecular complexity index is 34.5. The molecule has 0 heterocycles. The summed E-state index contributed by atoms with van der Waals surface area (Å²) < 4.78 is 0. The predicted octanol–water partition coefficient (Wildman–Crippen LogP) is -2.79. The minimum Gasteiger partial charge on any atom is -1.00 e. The van der Waals surface area contributed by atoms with Gasteiger partial charge in [-0.05, 0) is 0 Å². The second-order valence-corrected chi connectivity index (χ2v) is 0.519. The van der Waals surface area contributed by atoms with Gasteiger partial charge >= 0.3 is 68.9 Å². The second kappa shape index (κ2) is 5.52. The van der Waals surface area contributed by atoms with E-state index in [2.05, 4.69) is 0 Å². The summed E-state index contributed by atoms with van der Waals surface area (Å²) in [6.07, 6.45) is 0. The molecule has 0 radical (unpaired) electrons. The first kappa shape index (κ1) is 9.73. The fourth-order valence-corrected chi connectivity index (χ4v) is 0. The van der Waals surface area contributed by atoms with E-state index >= 15 is 0 Å². The maximum Gasteiger partial charge on any atom is 1.00 e. The van der Waals surface area contributed by atoms with Crippen LogP contribution in [-0.2, 0) is 4.79 Å². The van der Waals surface area contributed by atoms with Crippen molar-refractivity contribution >= 4 is 5.97 Å². The van der Waals surface area contributed by atoms with Crippen molar-refractivity contribution < 1.29 is 80.2 Å². The van der Waals surface area contributed by atoms with Crippen molar-refractivity contribution in [2.45, 2.75) is 6.92 Å². The van der Waals surface area contributed by atoms with Crippen LogP contribution < -0.4 is 68.9 Å². The zero-order valence-corrected chi connectivity index (χ0v) is 9.64. The normalized spacial score (nSPS) is 5.00. The fourth-order valence-electron chi connectivity index (χ4n) is 0. The van der Waals surface area contributed by atoms with E-state index in [-0.39, 0.29) is 70.3 Å². The van der Waals surface area contributed by atoms with Gasteiger partial charge in [-0.2, -0.15) is 0 Å². The van der Waals surface area contributed by atoms with Gasteiger partial charge in [-0.15, -0.1) is 0 Å². The molecule has 0 aromatic carbocycles. The summed E-state index contributed by atoms with van der Waals surface area (Å²) in [7, 11) is 0. The first-order valence-electron chi connectivity index (χ1n) is 0.928. The van der Waals surface area contributed by atoms with Crippen LogP contribution in [0.1, 0.15) is 8.35 Å². The Hall–Kier alpha value is 1.52. The van der Waals surface area contributed by atoms with Gasteiger partial charge in [0.05, 0.1) is 0 Å². The molecule has 1 N–H and O–H groups in total. The molecule has 0 fully saturated rings. The Morgan fingerprint density at radius 1 is 2.00 bits per heavy atom. The van der Waals surface area contributed by atoms with Crippen LogP contribution in [0.15, 0.2) is 0 Å². The molecule has 0 aliphatic heterocycles. The van der Waals surface area contributed by atoms with Crippen molar-refractivity contribution in [1.29, 1.82) is 0 Å². The van der Waals surface area contributed by atoms with Gasteiger partial charge < -0.3 is 6.53 Å². The number of carbonyl (C=O) groups is 1. The average Bonchev–Trinajstić information content (AvgIpc) is 0.811. The van der Waals surface area contributed by atoms with Crippen molar-refractivity contribution in [3.8, 4) is 0 Å². The van der Waals surface area contributed by atoms with E-state index in [1.807, 2.05) is 0 Å². The van der Waals surface area contributed by atoms with Gasteiger partial charge in [0, 0.05) is 6.92 Å². The molecule has 2 nitrogen and oxygen atoms in total. The summed E-state index contributed by atoms with van der Waals surface area (Å²) in [6.45, 7) is 1.08. The van der Waals surface area contributed by atoms with Crippen LogP contribution in [0.4, 0.5) is 0 Å². The van der Waals surface area contributed by atoms with Gasteiger partial charge in [0.2, 0.25) is 0 Å². The maximum atomic E-state index is 9.00. The number of carboxylic acids is 1. The van der Waals surface area contributed by atoms with E-state index in [1.165, 1.54) is 0 Å². The Morgan fingerprint density at radius 2 is 2.00 bits per heavy atom. The van der Waals surface area contributed by atoms with E-state index in [9.17, 15) is 0 Å². The summed E-state index contributed by atoms with van der Waals surface area (Å²) in [4.78, 5) is 9.00. The molecular weight excluding hydrogens is 189 g/mol. The van der Waals surface area contributed by atoms with E-state index < -0.39 is 5.97 Å². The predicted molar refractivity (Wildman–Crippen MR) is 14.4 cm³/mol. The van der Waals surface area contributed by atoms with Gasteiger partial charge in [-0.25, -0.2) is 0 Å². The molecule has 0 rings (SSSR count). The van der Waals surface area contributed by atoms with Crippen LogP contribution in [0.3, 0.4) is 0 Å². The molecule has 0 amide bonds. The first-order chi connectivity index (χ1) is 1.73. The minimum atomic E-state index is -0.833. The molecule has 5 heavy (non-hydrogen) atoms. The molecule has 0 aromatic heterocycles. The van der Waals surface area contributed by atoms with E-state index in [0.717, 1.165) is 6.92 Å². The Kier molecular flexibility index (Phi) is 10.7. The fraction of sp³-hybridized carbons (Fsp3) is 0.500. The number of carboxylic acid groups (broad SMARTS) is 1. The third-order valence-corrected chi connectivity index (χ3v) is 0. The Morgan fingerprint density at radius 3 is 2.00 bits per heavy atom. The summed E-state index contributed by atoms with van der Waals surface area (Å²) in [5, 5.41) is 7.42.